The molecule has 4 atom stereocenters. The quantitative estimate of drug-likeness (QED) is 0.186. The molecule has 0 aromatic carbocycles. The fourth-order valence-electron chi connectivity index (χ4n) is 3.53. The monoisotopic (exact) mass is 570 g/mol. The number of alkyl halides is 3. The molecule has 2 aliphatic rings. The van der Waals surface area contributed by atoms with Crippen molar-refractivity contribution < 1.29 is 19.1 Å². The van der Waals surface area contributed by atoms with Gasteiger partial charge in [0, 0.05) is 12.8 Å². The molecule has 184 valence electrons. The Labute approximate surface area is 215 Å². The maximum absolute atomic E-state index is 13.0. The highest BCUT2D eigenvalue weighted by molar-refractivity contribution is 8.04. The first-order chi connectivity index (χ1) is 16.0. The lowest BCUT2D eigenvalue weighted by molar-refractivity contribution is -0.164. The number of nitrogens with zero attached hydrogens (tertiary/aromatic N) is 9. The van der Waals surface area contributed by atoms with Crippen molar-refractivity contribution in [1.82, 2.24) is 50.6 Å². The van der Waals surface area contributed by atoms with E-state index in [-0.39, 0.29) is 6.54 Å². The van der Waals surface area contributed by atoms with Crippen LogP contribution in [0.1, 0.15) is 6.92 Å². The molecular weight excluding hydrogens is 555 g/mol. The second-order valence-electron chi connectivity index (χ2n) is 7.62. The molecule has 4 heterocycles. The molecule has 2 aromatic heterocycles. The van der Waals surface area contributed by atoms with Crippen LogP contribution in [0.25, 0.3) is 0 Å². The summed E-state index contributed by atoms with van der Waals surface area (Å²) in [5.74, 6) is -1.24. The number of rotatable bonds is 8. The van der Waals surface area contributed by atoms with E-state index >= 15 is 0 Å². The van der Waals surface area contributed by atoms with Crippen LogP contribution in [-0.4, -0.2) is 101 Å². The zero-order valence-corrected chi connectivity index (χ0v) is 21.4. The molecule has 0 spiro atoms. The first-order valence-corrected chi connectivity index (χ1v) is 12.6. The summed E-state index contributed by atoms with van der Waals surface area (Å²) in [6.07, 6.45) is 1.28. The smallest absolute Gasteiger partial charge is 0.330 e. The minimum atomic E-state index is -1.80. The van der Waals surface area contributed by atoms with Crippen LogP contribution in [0.15, 0.2) is 11.5 Å². The van der Waals surface area contributed by atoms with Gasteiger partial charge in [-0.15, -0.1) is 22.0 Å². The molecule has 34 heavy (non-hydrogen) atoms. The van der Waals surface area contributed by atoms with E-state index in [1.54, 1.807) is 7.05 Å². The summed E-state index contributed by atoms with van der Waals surface area (Å²) in [7, 11) is 1.69. The molecular formula is C15H17Cl3N10O4S2. The SMILES string of the molecule is Cn1nnnc1SCC1(C)S[C@@H]2C(NC(=O)Cn3cnnn3)C(=O)N2C1C(=O)OCC(Cl)(Cl)Cl. The zero-order chi connectivity index (χ0) is 24.7. The standard InChI is InChI=1S/C15H17Cl3N10O4S2/c1-14(5-33-13-21-23-24-26(13)2)9(12(31)32-4-15(16,17)18)28-10(30)8(11(28)34-14)20-7(29)3-27-6-19-22-25-27/h6,8-9,11H,3-5H2,1-2H3,(H,20,29)/t8?,9?,11-,14?/m1/s1. The van der Waals surface area contributed by atoms with Gasteiger partial charge < -0.3 is 15.0 Å². The Balaban J connectivity index is 1.50. The summed E-state index contributed by atoms with van der Waals surface area (Å²) in [5.41, 5.74) is 0. The number of hydrogen-bond acceptors (Lipinski definition) is 12. The molecule has 0 radical (unpaired) electrons. The number of carbonyl (C=O) groups is 3. The molecule has 0 saturated carbocycles. The Hall–Kier alpha value is -1.88. The van der Waals surface area contributed by atoms with Crippen LogP contribution < -0.4 is 5.32 Å². The molecule has 1 N–H and O–H groups in total. The average molecular weight is 572 g/mol. The molecule has 2 aromatic rings. The van der Waals surface area contributed by atoms with Crippen LogP contribution >= 0.6 is 58.3 Å². The van der Waals surface area contributed by atoms with E-state index in [1.165, 1.54) is 44.1 Å². The number of fused-ring (bicyclic) bond motifs is 1. The summed E-state index contributed by atoms with van der Waals surface area (Å²) in [4.78, 5) is 39.8. The first-order valence-electron chi connectivity index (χ1n) is 9.57. The van der Waals surface area contributed by atoms with Gasteiger partial charge in [-0.25, -0.2) is 14.2 Å². The lowest BCUT2D eigenvalue weighted by Gasteiger charge is -2.44. The molecule has 2 saturated heterocycles. The van der Waals surface area contributed by atoms with E-state index in [0.717, 1.165) is 0 Å². The van der Waals surface area contributed by atoms with Crippen molar-refractivity contribution >= 4 is 76.1 Å². The normalized spacial score (nSPS) is 26.2. The number of nitrogens with one attached hydrogen (secondary N) is 1. The summed E-state index contributed by atoms with van der Waals surface area (Å²) in [6, 6.07) is -1.82. The highest BCUT2D eigenvalue weighted by atomic mass is 35.6. The van der Waals surface area contributed by atoms with Crippen molar-refractivity contribution in [1.29, 1.82) is 0 Å². The fraction of sp³-hybridized carbons (Fsp3) is 0.667. The third kappa shape index (κ3) is 5.19. The summed E-state index contributed by atoms with van der Waals surface area (Å²) >= 11 is 19.9. The second-order valence-corrected chi connectivity index (χ2v) is 12.7. The number of ether oxygens (including phenoxy) is 1. The Morgan fingerprint density at radius 1 is 1.32 bits per heavy atom. The molecule has 4 rings (SSSR count). The van der Waals surface area contributed by atoms with Gasteiger partial charge in [0.25, 0.3) is 0 Å². The number of aryl methyl sites for hydroxylation is 1. The number of carbonyl (C=O) groups excluding carboxylic acids is 3. The number of halogens is 3. The molecule has 14 nitrogen and oxygen atoms in total. The summed E-state index contributed by atoms with van der Waals surface area (Å²) in [6.45, 7) is 1.18. The molecule has 19 heteroatoms. The molecule has 3 unspecified atom stereocenters. The van der Waals surface area contributed by atoms with Crippen LogP contribution in [-0.2, 0) is 32.7 Å². The molecule has 0 bridgehead atoms. The Kier molecular flexibility index (Phi) is 7.15. The number of tetrazole rings is 2. The molecule has 0 aliphatic carbocycles. The van der Waals surface area contributed by atoms with Gasteiger partial charge in [-0.3, -0.25) is 9.59 Å². The number of thioether (sulfide) groups is 2. The van der Waals surface area contributed by atoms with Crippen LogP contribution in [0.4, 0.5) is 0 Å². The summed E-state index contributed by atoms with van der Waals surface area (Å²) < 4.78 is 5.32. The minimum absolute atomic E-state index is 0.158. The number of aromatic nitrogens is 8. The van der Waals surface area contributed by atoms with E-state index in [1.807, 2.05) is 6.92 Å². The minimum Gasteiger partial charge on any atom is -0.460 e. The van der Waals surface area contributed by atoms with Gasteiger partial charge >= 0.3 is 5.97 Å². The molecule has 2 fully saturated rings. The third-order valence-electron chi connectivity index (χ3n) is 5.01. The highest BCUT2D eigenvalue weighted by Crippen LogP contribution is 2.53. The Bertz CT molecular complexity index is 1080. The zero-order valence-electron chi connectivity index (χ0n) is 17.5. The lowest BCUT2D eigenvalue weighted by atomic mass is 9.95. The van der Waals surface area contributed by atoms with Gasteiger partial charge in [0.15, 0.2) is 0 Å². The maximum Gasteiger partial charge on any atom is 0.330 e. The number of amides is 2. The van der Waals surface area contributed by atoms with Crippen molar-refractivity contribution in [2.45, 2.75) is 44.6 Å². The van der Waals surface area contributed by atoms with E-state index in [4.69, 9.17) is 39.5 Å². The Morgan fingerprint density at radius 2 is 2.09 bits per heavy atom. The number of hydrogen-bond donors (Lipinski definition) is 1. The largest absolute Gasteiger partial charge is 0.460 e. The van der Waals surface area contributed by atoms with Gasteiger partial charge in [-0.2, -0.15) is 0 Å². The van der Waals surface area contributed by atoms with E-state index in [9.17, 15) is 14.4 Å². The van der Waals surface area contributed by atoms with Gasteiger partial charge in [-0.05, 0) is 27.8 Å². The van der Waals surface area contributed by atoms with E-state index in [2.05, 4.69) is 36.4 Å². The highest BCUT2D eigenvalue weighted by Gasteiger charge is 2.66. The summed E-state index contributed by atoms with van der Waals surface area (Å²) in [5, 5.41) is 24.6. The van der Waals surface area contributed by atoms with E-state index in [0.29, 0.717) is 10.9 Å². The van der Waals surface area contributed by atoms with Crippen molar-refractivity contribution in [3.63, 3.8) is 0 Å². The van der Waals surface area contributed by atoms with Crippen LogP contribution in [0, 0.1) is 0 Å². The van der Waals surface area contributed by atoms with Gasteiger partial charge in [0.2, 0.25) is 20.8 Å². The van der Waals surface area contributed by atoms with Gasteiger partial charge in [0.1, 0.15) is 36.9 Å². The second kappa shape index (κ2) is 9.64. The third-order valence-corrected chi connectivity index (χ3v) is 8.52. The predicted octanol–water partition coefficient (Wildman–Crippen LogP) is -0.570. The van der Waals surface area contributed by atoms with Gasteiger partial charge in [0.05, 0.1) is 4.75 Å². The topological polar surface area (TPSA) is 163 Å². The number of β-lactam (4-membered cyclic amide) rings is 1. The molecule has 2 amide bonds. The molecule has 2 aliphatic heterocycles. The number of esters is 1. The fourth-order valence-corrected chi connectivity index (χ4v) is 6.58. The van der Waals surface area contributed by atoms with Crippen LogP contribution in [0.3, 0.4) is 0 Å². The van der Waals surface area contributed by atoms with Gasteiger partial charge in [-0.1, -0.05) is 46.6 Å². The van der Waals surface area contributed by atoms with Crippen LogP contribution in [0.2, 0.25) is 0 Å². The van der Waals surface area contributed by atoms with E-state index < -0.39 is 50.4 Å². The van der Waals surface area contributed by atoms with Crippen molar-refractivity contribution in [3.8, 4) is 0 Å². The predicted molar refractivity (Wildman–Crippen MR) is 121 cm³/mol. The van der Waals surface area contributed by atoms with Crippen molar-refractivity contribution in [2.24, 2.45) is 7.05 Å². The maximum atomic E-state index is 13.0. The lowest BCUT2D eigenvalue weighted by Crippen LogP contribution is -2.71. The van der Waals surface area contributed by atoms with Crippen molar-refractivity contribution in [2.75, 3.05) is 12.4 Å². The first kappa shape index (κ1) is 25.2. The Morgan fingerprint density at radius 3 is 2.71 bits per heavy atom. The average Bonchev–Trinajstić information content (AvgIpc) is 3.47. The van der Waals surface area contributed by atoms with Crippen LogP contribution in [0.5, 0.6) is 0 Å². The van der Waals surface area contributed by atoms with Crippen molar-refractivity contribution in [3.05, 3.63) is 6.33 Å².